The first-order valence-electron chi connectivity index (χ1n) is 8.64. The van der Waals surface area contributed by atoms with Crippen LogP contribution in [0.4, 0.5) is 11.4 Å². The number of halogens is 1. The van der Waals surface area contributed by atoms with Crippen molar-refractivity contribution >= 4 is 28.9 Å². The third-order valence-electron chi connectivity index (χ3n) is 4.38. The molecule has 0 radical (unpaired) electrons. The van der Waals surface area contributed by atoms with Crippen LogP contribution in [0.15, 0.2) is 42.5 Å². The molecule has 0 spiro atoms. The number of hydrogen-bond acceptors (Lipinski definition) is 2. The second-order valence-corrected chi connectivity index (χ2v) is 6.57. The lowest BCUT2D eigenvalue weighted by atomic mass is 10.1. The first kappa shape index (κ1) is 16.8. The Morgan fingerprint density at radius 1 is 1.21 bits per heavy atom. The van der Waals surface area contributed by atoms with E-state index >= 15 is 0 Å². The SMILES string of the molecule is CCCNc1ccc(C(=O)N2CCCCc3ccccc32)c(Cl)c1. The van der Waals surface area contributed by atoms with Gasteiger partial charge in [0.2, 0.25) is 0 Å². The van der Waals surface area contributed by atoms with Crippen molar-refractivity contribution in [3.63, 3.8) is 0 Å². The molecule has 2 aromatic rings. The number of aryl methyl sites for hydroxylation is 1. The molecule has 0 saturated carbocycles. The molecule has 0 aromatic heterocycles. The number of benzene rings is 2. The van der Waals surface area contributed by atoms with Gasteiger partial charge < -0.3 is 10.2 Å². The third-order valence-corrected chi connectivity index (χ3v) is 4.70. The van der Waals surface area contributed by atoms with E-state index in [1.165, 1.54) is 5.56 Å². The van der Waals surface area contributed by atoms with Gasteiger partial charge in [0.05, 0.1) is 10.6 Å². The molecule has 4 heteroatoms. The lowest BCUT2D eigenvalue weighted by molar-refractivity contribution is 0.0987. The van der Waals surface area contributed by atoms with Crippen LogP contribution in [0.2, 0.25) is 5.02 Å². The molecule has 126 valence electrons. The van der Waals surface area contributed by atoms with Gasteiger partial charge in [-0.3, -0.25) is 4.79 Å². The Bertz CT molecular complexity index is 729. The van der Waals surface area contributed by atoms with Gasteiger partial charge in [-0.2, -0.15) is 0 Å². The molecule has 0 saturated heterocycles. The van der Waals surface area contributed by atoms with Gasteiger partial charge in [0.1, 0.15) is 0 Å². The molecule has 1 heterocycles. The highest BCUT2D eigenvalue weighted by molar-refractivity contribution is 6.34. The average molecular weight is 343 g/mol. The molecular weight excluding hydrogens is 320 g/mol. The van der Waals surface area contributed by atoms with Crippen molar-refractivity contribution in [2.75, 3.05) is 23.3 Å². The van der Waals surface area contributed by atoms with Gasteiger partial charge in [-0.1, -0.05) is 36.7 Å². The Morgan fingerprint density at radius 3 is 2.83 bits per heavy atom. The van der Waals surface area contributed by atoms with E-state index in [-0.39, 0.29) is 5.91 Å². The molecule has 1 amide bonds. The zero-order valence-electron chi connectivity index (χ0n) is 14.0. The number of nitrogens with zero attached hydrogens (tertiary/aromatic N) is 1. The number of hydrogen-bond donors (Lipinski definition) is 1. The molecule has 3 rings (SSSR count). The fourth-order valence-electron chi connectivity index (χ4n) is 3.12. The Balaban J connectivity index is 1.89. The molecule has 1 aliphatic rings. The standard InChI is InChI=1S/C20H23ClN2O/c1-2-12-22-16-10-11-17(18(21)14-16)20(24)23-13-6-5-8-15-7-3-4-9-19(15)23/h3-4,7,9-11,14,22H,2,5-6,8,12-13H2,1H3. The monoisotopic (exact) mass is 342 g/mol. The lowest BCUT2D eigenvalue weighted by Gasteiger charge is -2.23. The largest absolute Gasteiger partial charge is 0.385 e. The quantitative estimate of drug-likeness (QED) is 0.833. The van der Waals surface area contributed by atoms with E-state index in [0.717, 1.165) is 50.1 Å². The summed E-state index contributed by atoms with van der Waals surface area (Å²) >= 11 is 6.40. The third kappa shape index (κ3) is 3.57. The van der Waals surface area contributed by atoms with E-state index in [0.29, 0.717) is 10.6 Å². The van der Waals surface area contributed by atoms with Crippen LogP contribution in [0.1, 0.15) is 42.1 Å². The minimum Gasteiger partial charge on any atom is -0.385 e. The van der Waals surface area contributed by atoms with E-state index in [1.54, 1.807) is 0 Å². The number of fused-ring (bicyclic) bond motifs is 1. The minimum absolute atomic E-state index is 0.0172. The fraction of sp³-hybridized carbons (Fsp3) is 0.350. The Morgan fingerprint density at radius 2 is 2.04 bits per heavy atom. The smallest absolute Gasteiger partial charge is 0.259 e. The molecule has 0 fully saturated rings. The number of anilines is 2. The predicted octanol–water partition coefficient (Wildman–Crippen LogP) is 5.15. The summed E-state index contributed by atoms with van der Waals surface area (Å²) in [6, 6.07) is 13.8. The molecule has 0 bridgehead atoms. The predicted molar refractivity (Wildman–Crippen MR) is 101 cm³/mol. The van der Waals surface area contributed by atoms with Gasteiger partial charge in [-0.15, -0.1) is 0 Å². The lowest BCUT2D eigenvalue weighted by Crippen LogP contribution is -2.32. The molecule has 2 aromatic carbocycles. The van der Waals surface area contributed by atoms with Crippen molar-refractivity contribution in [1.29, 1.82) is 0 Å². The Kier molecular flexibility index (Phi) is 5.41. The normalized spacial score (nSPS) is 14.0. The maximum atomic E-state index is 13.1. The summed E-state index contributed by atoms with van der Waals surface area (Å²) in [6.07, 6.45) is 4.18. The number of carbonyl (C=O) groups is 1. The molecule has 1 N–H and O–H groups in total. The van der Waals surface area contributed by atoms with Crippen LogP contribution in [0.25, 0.3) is 0 Å². The number of rotatable bonds is 4. The van der Waals surface area contributed by atoms with Gasteiger partial charge in [0, 0.05) is 24.5 Å². The van der Waals surface area contributed by atoms with Crippen LogP contribution in [0.5, 0.6) is 0 Å². The average Bonchev–Trinajstić information content (AvgIpc) is 2.82. The van der Waals surface area contributed by atoms with Crippen molar-refractivity contribution in [3.8, 4) is 0 Å². The summed E-state index contributed by atoms with van der Waals surface area (Å²) < 4.78 is 0. The highest BCUT2D eigenvalue weighted by Gasteiger charge is 2.23. The van der Waals surface area contributed by atoms with Crippen LogP contribution in [0, 0.1) is 0 Å². The highest BCUT2D eigenvalue weighted by atomic mass is 35.5. The van der Waals surface area contributed by atoms with Crippen molar-refractivity contribution in [2.24, 2.45) is 0 Å². The molecule has 3 nitrogen and oxygen atoms in total. The van der Waals surface area contributed by atoms with Crippen LogP contribution in [-0.4, -0.2) is 19.0 Å². The van der Waals surface area contributed by atoms with Crippen molar-refractivity contribution in [2.45, 2.75) is 32.6 Å². The summed E-state index contributed by atoms with van der Waals surface area (Å²) in [5, 5.41) is 3.80. The molecule has 0 atom stereocenters. The topological polar surface area (TPSA) is 32.3 Å². The number of para-hydroxylation sites is 1. The van der Waals surface area contributed by atoms with E-state index in [4.69, 9.17) is 11.6 Å². The zero-order chi connectivity index (χ0) is 16.9. The number of amides is 1. The molecule has 0 aliphatic carbocycles. The highest BCUT2D eigenvalue weighted by Crippen LogP contribution is 2.30. The summed E-state index contributed by atoms with van der Waals surface area (Å²) in [5.74, 6) is -0.0172. The summed E-state index contributed by atoms with van der Waals surface area (Å²) in [6.45, 7) is 3.74. The van der Waals surface area contributed by atoms with Crippen molar-refractivity contribution < 1.29 is 4.79 Å². The zero-order valence-corrected chi connectivity index (χ0v) is 14.8. The summed E-state index contributed by atoms with van der Waals surface area (Å²) in [5.41, 5.74) is 3.77. The summed E-state index contributed by atoms with van der Waals surface area (Å²) in [7, 11) is 0. The number of nitrogens with one attached hydrogen (secondary N) is 1. The van der Waals surface area contributed by atoms with E-state index in [1.807, 2.05) is 41.3 Å². The second-order valence-electron chi connectivity index (χ2n) is 6.16. The number of carbonyl (C=O) groups excluding carboxylic acids is 1. The first-order valence-corrected chi connectivity index (χ1v) is 9.01. The van der Waals surface area contributed by atoms with Gasteiger partial charge in [-0.05, 0) is 55.5 Å². The molecular formula is C20H23ClN2O. The maximum absolute atomic E-state index is 13.1. The van der Waals surface area contributed by atoms with Crippen LogP contribution in [0.3, 0.4) is 0 Å². The fourth-order valence-corrected chi connectivity index (χ4v) is 3.38. The molecule has 24 heavy (non-hydrogen) atoms. The second kappa shape index (κ2) is 7.71. The van der Waals surface area contributed by atoms with E-state index in [2.05, 4.69) is 18.3 Å². The van der Waals surface area contributed by atoms with E-state index in [9.17, 15) is 4.79 Å². The molecule has 1 aliphatic heterocycles. The van der Waals surface area contributed by atoms with Gasteiger partial charge in [0.15, 0.2) is 0 Å². The van der Waals surface area contributed by atoms with Gasteiger partial charge >= 0.3 is 0 Å². The van der Waals surface area contributed by atoms with Gasteiger partial charge in [-0.25, -0.2) is 0 Å². The van der Waals surface area contributed by atoms with E-state index < -0.39 is 0 Å². The Labute approximate surface area is 148 Å². The van der Waals surface area contributed by atoms with Gasteiger partial charge in [0.25, 0.3) is 5.91 Å². The minimum atomic E-state index is -0.0172. The summed E-state index contributed by atoms with van der Waals surface area (Å²) in [4.78, 5) is 15.0. The van der Waals surface area contributed by atoms with Crippen LogP contribution in [-0.2, 0) is 6.42 Å². The first-order chi connectivity index (χ1) is 11.7. The molecule has 0 unspecified atom stereocenters. The maximum Gasteiger partial charge on any atom is 0.259 e. The van der Waals surface area contributed by atoms with Crippen LogP contribution >= 0.6 is 11.6 Å². The van der Waals surface area contributed by atoms with Crippen molar-refractivity contribution in [1.82, 2.24) is 0 Å². The van der Waals surface area contributed by atoms with Crippen LogP contribution < -0.4 is 10.2 Å². The van der Waals surface area contributed by atoms with Crippen molar-refractivity contribution in [3.05, 3.63) is 58.6 Å². The Hall–Kier alpha value is -2.00.